The Hall–Kier alpha value is -9.47. The largest absolute Gasteiger partial charge is 0.453 e. The maximum atomic E-state index is 15.5. The number of rotatable bonds is 26. The van der Waals surface area contributed by atoms with Gasteiger partial charge < -0.3 is 101 Å². The lowest BCUT2D eigenvalue weighted by Crippen LogP contribution is -2.64. The number of sulfonamides is 1. The number of nitrogens with zero attached hydrogens (tertiary/aromatic N) is 2. The summed E-state index contributed by atoms with van der Waals surface area (Å²) >= 11 is 0. The molecule has 3 rings (SSSR count). The Morgan fingerprint density at radius 1 is 0.667 bits per heavy atom. The Morgan fingerprint density at radius 3 is 1.80 bits per heavy atom. The summed E-state index contributed by atoms with van der Waals surface area (Å²) < 4.78 is 32.4. The molecule has 0 saturated carbocycles. The number of nitrogens with two attached hydrogens (primary N) is 3. The quantitative estimate of drug-likeness (QED) is 0.0183. The number of anilines is 1. The molecule has 0 bridgehead atoms. The summed E-state index contributed by atoms with van der Waals surface area (Å²) in [5, 5.41) is 73.1. The molecule has 2 aromatic rings. The third kappa shape index (κ3) is 28.5. The monoisotopic (exact) mass is 1500 g/mol. The number of cyclic esters (lactones) is 1. The van der Waals surface area contributed by atoms with Gasteiger partial charge in [0, 0.05) is 26.3 Å². The molecular weight excluding hydrogens is 1390 g/mol. The van der Waals surface area contributed by atoms with E-state index in [1.807, 2.05) is 24.5 Å². The van der Waals surface area contributed by atoms with Crippen molar-refractivity contribution in [3.63, 3.8) is 0 Å². The SMILES string of the molecule is CC[C@H](C)[C@@H]1NC(=O)[C@@H](CCCN=C(N)NC(=O)Nc2cccc(S(=O)(=O)N(C)C)c2)NC(=O)[C@H](CC(C)C)NC(=O)[C@H]([C@H](O)C(C)C)NC(=O)[C@@H](NC(=O)[C@H](CC(C)C)NC(=O)[C@H](N)CC(C)C)[C@@H](c2ccccc2)OC(=O)[C@H](CO)NC(=O)[C@H]([C@H](O)C(N)=O)NC(=O)CNC(=O)[C@H]([C@H](C)O)NC1=O. The summed E-state index contributed by atoms with van der Waals surface area (Å²) in [5.41, 5.74) is 17.6. The molecule has 1 saturated heterocycles. The van der Waals surface area contributed by atoms with Crippen LogP contribution < -0.4 is 81.0 Å². The van der Waals surface area contributed by atoms with E-state index < -0.39 is 209 Å². The molecule has 1 aliphatic heterocycles. The van der Waals surface area contributed by atoms with Crippen molar-refractivity contribution in [2.45, 2.75) is 204 Å². The maximum absolute atomic E-state index is 15.5. The first-order valence-corrected chi connectivity index (χ1v) is 35.8. The number of hydrogen-bond acceptors (Lipinski definition) is 22. The van der Waals surface area contributed by atoms with Crippen LogP contribution in [0.5, 0.6) is 0 Å². The second kappa shape index (κ2) is 42.5. The second-order valence-corrected chi connectivity index (χ2v) is 29.6. The van der Waals surface area contributed by atoms with Gasteiger partial charge in [0.2, 0.25) is 75.0 Å². The molecule has 1 aliphatic rings. The van der Waals surface area contributed by atoms with Gasteiger partial charge in [0.25, 0.3) is 0 Å². The Balaban J connectivity index is 2.37. The zero-order valence-electron chi connectivity index (χ0n) is 61.4. The van der Waals surface area contributed by atoms with Crippen LogP contribution >= 0.6 is 0 Å². The minimum atomic E-state index is -3.89. The fourth-order valence-electron chi connectivity index (χ4n) is 10.5. The fourth-order valence-corrected chi connectivity index (χ4v) is 11.5. The summed E-state index contributed by atoms with van der Waals surface area (Å²) in [5.74, 6) is -18.2. The average Bonchev–Trinajstić information content (AvgIpc) is 0.822. The average molecular weight is 1500 g/mol. The fraction of sp³-hybridized carbons (Fsp3) is 0.612. The second-order valence-electron chi connectivity index (χ2n) is 27.4. The molecule has 22 N–H and O–H groups in total. The molecule has 105 heavy (non-hydrogen) atoms. The number of benzene rings is 2. The van der Waals surface area contributed by atoms with Crippen molar-refractivity contribution in [3.8, 4) is 0 Å². The van der Waals surface area contributed by atoms with Gasteiger partial charge in [0.1, 0.15) is 48.3 Å². The van der Waals surface area contributed by atoms with Crippen molar-refractivity contribution in [3.05, 3.63) is 60.2 Å². The highest BCUT2D eigenvalue weighted by Crippen LogP contribution is 2.25. The van der Waals surface area contributed by atoms with E-state index in [0.29, 0.717) is 0 Å². The van der Waals surface area contributed by atoms with E-state index in [4.69, 9.17) is 21.9 Å². The molecule has 0 aromatic heterocycles. The van der Waals surface area contributed by atoms with E-state index >= 15 is 9.59 Å². The number of aliphatic hydroxyl groups is 4. The van der Waals surface area contributed by atoms with Crippen LogP contribution in [0.4, 0.5) is 10.5 Å². The molecule has 0 radical (unpaired) electrons. The van der Waals surface area contributed by atoms with Gasteiger partial charge in [-0.25, -0.2) is 22.3 Å². The number of carbonyl (C=O) groups is 13. The predicted octanol–water partition coefficient (Wildman–Crippen LogP) is -4.32. The van der Waals surface area contributed by atoms with Crippen LogP contribution in [0.15, 0.2) is 64.5 Å². The molecule has 13 amide bonds. The summed E-state index contributed by atoms with van der Waals surface area (Å²) in [6.45, 7) is 14.8. The minimum absolute atomic E-state index is 0.0653. The third-order valence-electron chi connectivity index (χ3n) is 16.5. The van der Waals surface area contributed by atoms with Crippen molar-refractivity contribution in [2.24, 2.45) is 51.8 Å². The highest BCUT2D eigenvalue weighted by atomic mass is 32.2. The minimum Gasteiger partial charge on any atom is -0.453 e. The van der Waals surface area contributed by atoms with Crippen LogP contribution in [0.2, 0.25) is 0 Å². The van der Waals surface area contributed by atoms with Crippen molar-refractivity contribution in [2.75, 3.05) is 39.1 Å². The van der Waals surface area contributed by atoms with E-state index in [9.17, 15) is 81.6 Å². The lowest BCUT2D eigenvalue weighted by Gasteiger charge is -2.34. The molecule has 2 aromatic carbocycles. The van der Waals surface area contributed by atoms with Crippen LogP contribution in [0.3, 0.4) is 0 Å². The number of nitrogens with one attached hydrogen (secondary N) is 12. The Bertz CT molecular complexity index is 3490. The number of esters is 1. The summed E-state index contributed by atoms with van der Waals surface area (Å²) in [6.07, 6.45) is -8.76. The molecule has 0 aliphatic carbocycles. The number of primary amides is 1. The first kappa shape index (κ1) is 89.7. The van der Waals surface area contributed by atoms with E-state index in [0.717, 1.165) is 11.2 Å². The van der Waals surface area contributed by atoms with Gasteiger partial charge in [0.15, 0.2) is 24.2 Å². The predicted molar refractivity (Wildman–Crippen MR) is 381 cm³/mol. The molecule has 0 unspecified atom stereocenters. The first-order valence-electron chi connectivity index (χ1n) is 34.4. The number of aliphatic hydroxyl groups excluding tert-OH is 4. The van der Waals surface area contributed by atoms with Gasteiger partial charge >= 0.3 is 12.0 Å². The molecular formula is C67H107N17O20S. The van der Waals surface area contributed by atoms with Crippen molar-refractivity contribution in [1.82, 2.24) is 62.8 Å². The van der Waals surface area contributed by atoms with Gasteiger partial charge in [-0.1, -0.05) is 112 Å². The van der Waals surface area contributed by atoms with Crippen molar-refractivity contribution in [1.29, 1.82) is 0 Å². The topological polar surface area (TPSA) is 584 Å². The molecule has 586 valence electrons. The summed E-state index contributed by atoms with van der Waals surface area (Å²) in [6, 6.07) is -7.08. The van der Waals surface area contributed by atoms with E-state index in [-0.39, 0.29) is 73.1 Å². The maximum Gasteiger partial charge on any atom is 0.331 e. The van der Waals surface area contributed by atoms with Crippen LogP contribution in [0.25, 0.3) is 0 Å². The smallest absolute Gasteiger partial charge is 0.331 e. The van der Waals surface area contributed by atoms with Crippen LogP contribution in [-0.4, -0.2) is 229 Å². The molecule has 0 spiro atoms. The number of amides is 13. The van der Waals surface area contributed by atoms with E-state index in [2.05, 4.69) is 58.2 Å². The highest BCUT2D eigenvalue weighted by molar-refractivity contribution is 7.89. The van der Waals surface area contributed by atoms with Crippen LogP contribution in [-0.2, 0) is 72.3 Å². The third-order valence-corrected chi connectivity index (χ3v) is 18.4. The summed E-state index contributed by atoms with van der Waals surface area (Å²) in [7, 11) is -1.24. The zero-order valence-corrected chi connectivity index (χ0v) is 62.2. The molecule has 15 atom stereocenters. The standard InChI is InChI=1S/C67H107N17O20S/c1-14-36(10)47-61(96)80-48(37(11)86)60(95)72-30-46(87)78-50(53(89)55(69)90)63(98)77-45(31-85)65(100)104-54(38-20-16-15-17-21-38)51(82-59(94)44(28-34(6)7)75-56(91)41(68)26-32(2)3)64(99)81-49(52(88)35(8)9)62(97)76-43(27-33(4)5)58(93)74-42(57(92)79-47)24-19-25-71-66(70)83-67(101)73-39-22-18-23-40(29-39)105(102,103)84(12)13/h15-18,20-23,29,32-37,41-45,47-54,85-86,88-89H,14,19,24-28,30-31,68H2,1-13H3,(H2,69,90)(H,72,95)(H,74,93)(H,75,91)(H,76,97)(H,77,98)(H,78,87)(H,79,92)(H,80,96)(H,81,99)(H,82,94)(H4,70,71,73,83,101)/t36-,37-,41+,42+,43-,44-,45-,47-,48-,49-,50-,51-,52+,53-,54+/m0/s1. The van der Waals surface area contributed by atoms with Gasteiger partial charge in [-0.15, -0.1) is 0 Å². The number of carbonyl (C=O) groups excluding carboxylic acids is 13. The Morgan fingerprint density at radius 2 is 1.24 bits per heavy atom. The first-order chi connectivity index (χ1) is 49.0. The van der Waals surface area contributed by atoms with E-state index in [1.165, 1.54) is 89.5 Å². The van der Waals surface area contributed by atoms with Gasteiger partial charge in [-0.3, -0.25) is 63.0 Å². The number of aliphatic imine (C=N–C) groups is 1. The Kier molecular flexibility index (Phi) is 36.3. The normalized spacial score (nSPS) is 23.2. The van der Waals surface area contributed by atoms with Crippen molar-refractivity contribution >= 4 is 98.6 Å². The number of guanidine groups is 1. The molecule has 1 heterocycles. The molecule has 38 heteroatoms. The summed E-state index contributed by atoms with van der Waals surface area (Å²) in [4.78, 5) is 189. The van der Waals surface area contributed by atoms with Gasteiger partial charge in [0.05, 0.1) is 36.3 Å². The van der Waals surface area contributed by atoms with Crippen molar-refractivity contribution < 1.29 is 95.9 Å². The van der Waals surface area contributed by atoms with Crippen LogP contribution in [0, 0.1) is 29.6 Å². The number of urea groups is 1. The molecule has 1 fully saturated rings. The Labute approximate surface area is 610 Å². The lowest BCUT2D eigenvalue weighted by molar-refractivity contribution is -0.159. The van der Waals surface area contributed by atoms with Gasteiger partial charge in [-0.2, -0.15) is 0 Å². The highest BCUT2D eigenvalue weighted by Gasteiger charge is 2.44. The molecule has 37 nitrogen and oxygen atoms in total. The number of ether oxygens (including phenoxy) is 1. The van der Waals surface area contributed by atoms with E-state index in [1.54, 1.807) is 34.6 Å². The number of hydrogen-bond donors (Lipinski definition) is 19. The lowest BCUT2D eigenvalue weighted by atomic mass is 9.95. The zero-order chi connectivity index (χ0) is 79.5. The van der Waals surface area contributed by atoms with Gasteiger partial charge in [-0.05, 0) is 92.4 Å². The van der Waals surface area contributed by atoms with Crippen LogP contribution in [0.1, 0.15) is 126 Å².